The van der Waals surface area contributed by atoms with E-state index in [0.717, 1.165) is 32.3 Å². The number of rotatable bonds is 10. The lowest BCUT2D eigenvalue weighted by Crippen LogP contribution is -2.33. The number of ketones is 2. The predicted octanol–water partition coefficient (Wildman–Crippen LogP) is 9.81. The van der Waals surface area contributed by atoms with Crippen LogP contribution in [0.3, 0.4) is 0 Å². The van der Waals surface area contributed by atoms with Gasteiger partial charge in [-0.25, -0.2) is 9.98 Å². The number of carbonyl (C=O) groups excluding carboxylic acids is 4. The number of carbonyl (C=O) groups is 4. The summed E-state index contributed by atoms with van der Waals surface area (Å²) in [5.41, 5.74) is 6.03. The molecule has 0 saturated carbocycles. The molecular weight excluding hydrogens is 767 g/mol. The maximum Gasteiger partial charge on any atom is 0.282 e. The van der Waals surface area contributed by atoms with E-state index in [2.05, 4.69) is 15.3 Å². The van der Waals surface area contributed by atoms with Crippen LogP contribution >= 0.6 is 11.8 Å². The summed E-state index contributed by atoms with van der Waals surface area (Å²) in [5, 5.41) is 3.49. The molecule has 0 fully saturated rings. The zero-order valence-corrected chi connectivity index (χ0v) is 32.6. The third kappa shape index (κ3) is 7.83. The van der Waals surface area contributed by atoms with Gasteiger partial charge in [0.15, 0.2) is 11.6 Å². The van der Waals surface area contributed by atoms with Gasteiger partial charge in [0.25, 0.3) is 11.8 Å². The van der Waals surface area contributed by atoms with Gasteiger partial charge in [-0.05, 0) is 59.7 Å². The van der Waals surface area contributed by atoms with Crippen molar-refractivity contribution in [3.63, 3.8) is 0 Å². The van der Waals surface area contributed by atoms with E-state index >= 15 is 0 Å². The highest BCUT2D eigenvalue weighted by Crippen LogP contribution is 2.47. The molecule has 3 heterocycles. The van der Waals surface area contributed by atoms with Crippen molar-refractivity contribution in [3.05, 3.63) is 216 Å². The van der Waals surface area contributed by atoms with Crippen LogP contribution < -0.4 is 15.1 Å². The first-order valence-corrected chi connectivity index (χ1v) is 19.9. The van der Waals surface area contributed by atoms with Crippen molar-refractivity contribution in [2.45, 2.75) is 9.79 Å². The van der Waals surface area contributed by atoms with Crippen molar-refractivity contribution in [3.8, 4) is 0 Å². The number of aliphatic imine (C=N–C) groups is 2. The number of amidine groups is 2. The normalized spacial score (nSPS) is 16.0. The maximum atomic E-state index is 14.1. The largest absolute Gasteiger partial charge is 0.354 e. The molecule has 0 unspecified atom stereocenters. The van der Waals surface area contributed by atoms with Crippen LogP contribution in [0.5, 0.6) is 0 Å². The predicted molar refractivity (Wildman–Crippen MR) is 238 cm³/mol. The van der Waals surface area contributed by atoms with E-state index in [-0.39, 0.29) is 23.0 Å². The highest BCUT2D eigenvalue weighted by molar-refractivity contribution is 7.99. The van der Waals surface area contributed by atoms with Gasteiger partial charge in [0.05, 0.1) is 22.7 Å². The Morgan fingerprint density at radius 3 is 1.28 bits per heavy atom. The molecule has 3 aliphatic rings. The fourth-order valence-electron chi connectivity index (χ4n) is 6.86. The lowest BCUT2D eigenvalue weighted by Gasteiger charge is -2.26. The molecule has 2 amide bonds. The zero-order valence-electron chi connectivity index (χ0n) is 31.8. The number of nitrogens with zero attached hydrogens (tertiary/aromatic N) is 4. The second kappa shape index (κ2) is 16.5. The monoisotopic (exact) mass is 799 g/mol. The average molecular weight is 800 g/mol. The molecule has 6 aromatic carbocycles. The van der Waals surface area contributed by atoms with Crippen LogP contribution in [0.25, 0.3) is 12.2 Å². The standard InChI is InChI=1S/C50H33N5O4S/c56-39(25-21-33-13-5-1-6-14-33)31-43-49(58)54(47(52-43)35-17-9-3-10-18-35)37-23-27-41-45(29-37)60-46-30-38(24-28-42(46)51-41)55-48(36-19-11-4-12-20-36)53-44(50(55)59)32-40(57)26-22-34-15-7-2-8-16-34/h1-32,51H. The molecule has 6 aromatic rings. The van der Waals surface area contributed by atoms with Gasteiger partial charge >= 0.3 is 0 Å². The SMILES string of the molecule is O=C(C=Cc1ccccc1)C=C1N=C(c2ccccc2)N(c2ccc3c(c2)Sc2cc(N4C(=O)C(=CC(=O)C=Cc5ccccc5)N=C4c4ccccc4)ccc2N3)C1=O. The minimum atomic E-state index is -0.426. The lowest BCUT2D eigenvalue weighted by molar-refractivity contribution is -0.115. The third-order valence-corrected chi connectivity index (χ3v) is 10.9. The third-order valence-electron chi connectivity index (χ3n) is 9.76. The number of fused-ring (bicyclic) bond motifs is 2. The van der Waals surface area contributed by atoms with Gasteiger partial charge in [-0.15, -0.1) is 0 Å². The van der Waals surface area contributed by atoms with E-state index in [1.165, 1.54) is 45.9 Å². The van der Waals surface area contributed by atoms with E-state index in [9.17, 15) is 19.2 Å². The Kier molecular flexibility index (Phi) is 10.3. The Balaban J connectivity index is 1.01. The minimum Gasteiger partial charge on any atom is -0.354 e. The van der Waals surface area contributed by atoms with Crippen LogP contribution in [0.15, 0.2) is 213 Å². The Bertz CT molecular complexity index is 2690. The van der Waals surface area contributed by atoms with Crippen LogP contribution in [-0.4, -0.2) is 35.1 Å². The quantitative estimate of drug-likeness (QED) is 0.138. The van der Waals surface area contributed by atoms with Crippen molar-refractivity contribution in [1.29, 1.82) is 0 Å². The van der Waals surface area contributed by atoms with Crippen LogP contribution in [0.1, 0.15) is 22.3 Å². The van der Waals surface area contributed by atoms with Crippen molar-refractivity contribution >= 4 is 81.7 Å². The Hall–Kier alpha value is -7.95. The van der Waals surface area contributed by atoms with Crippen molar-refractivity contribution < 1.29 is 19.2 Å². The molecule has 3 aliphatic heterocycles. The van der Waals surface area contributed by atoms with Crippen LogP contribution in [-0.2, 0) is 19.2 Å². The number of anilines is 4. The molecule has 288 valence electrons. The topological polar surface area (TPSA) is 112 Å². The maximum absolute atomic E-state index is 14.1. The number of nitrogens with one attached hydrogen (secondary N) is 1. The Labute approximate surface area is 350 Å². The summed E-state index contributed by atoms with van der Waals surface area (Å²) in [6, 6.07) is 49.0. The second-order valence-electron chi connectivity index (χ2n) is 13.8. The van der Waals surface area contributed by atoms with Crippen molar-refractivity contribution in [2.24, 2.45) is 9.98 Å². The first kappa shape index (κ1) is 37.6. The molecule has 9 nitrogen and oxygen atoms in total. The van der Waals surface area contributed by atoms with E-state index < -0.39 is 11.8 Å². The molecule has 60 heavy (non-hydrogen) atoms. The molecule has 0 aliphatic carbocycles. The van der Waals surface area contributed by atoms with Gasteiger partial charge in [0.2, 0.25) is 0 Å². The highest BCUT2D eigenvalue weighted by atomic mass is 32.2. The highest BCUT2D eigenvalue weighted by Gasteiger charge is 2.35. The number of allylic oxidation sites excluding steroid dienone is 4. The molecule has 0 aromatic heterocycles. The van der Waals surface area contributed by atoms with Gasteiger partial charge in [-0.2, -0.15) is 0 Å². The molecule has 0 radical (unpaired) electrons. The summed E-state index contributed by atoms with van der Waals surface area (Å²) in [7, 11) is 0. The van der Waals surface area contributed by atoms with E-state index in [1.807, 2.05) is 158 Å². The summed E-state index contributed by atoms with van der Waals surface area (Å²) in [6.45, 7) is 0. The Morgan fingerprint density at radius 1 is 0.500 bits per heavy atom. The molecule has 0 bridgehead atoms. The number of amides is 2. The molecule has 0 spiro atoms. The molecule has 9 rings (SSSR count). The fourth-order valence-corrected chi connectivity index (χ4v) is 7.92. The summed E-state index contributed by atoms with van der Waals surface area (Å²) in [4.78, 5) is 68.3. The number of benzene rings is 6. The van der Waals surface area contributed by atoms with Gasteiger partial charge in [0, 0.05) is 33.1 Å². The Morgan fingerprint density at radius 2 is 0.883 bits per heavy atom. The summed E-state index contributed by atoms with van der Waals surface area (Å²) >= 11 is 1.48. The average Bonchev–Trinajstić information content (AvgIpc) is 3.79. The summed E-state index contributed by atoms with van der Waals surface area (Å²) in [6.07, 6.45) is 8.78. The number of hydrogen-bond donors (Lipinski definition) is 1. The van der Waals surface area contributed by atoms with Crippen molar-refractivity contribution in [1.82, 2.24) is 0 Å². The van der Waals surface area contributed by atoms with Gasteiger partial charge in [-0.3, -0.25) is 29.0 Å². The molecule has 1 N–H and O–H groups in total. The first-order valence-electron chi connectivity index (χ1n) is 19.1. The van der Waals surface area contributed by atoms with Crippen LogP contribution in [0.4, 0.5) is 22.7 Å². The zero-order chi connectivity index (χ0) is 41.0. The van der Waals surface area contributed by atoms with E-state index in [0.29, 0.717) is 34.2 Å². The molecule has 0 atom stereocenters. The molecular formula is C50H33N5O4S. The molecule has 0 saturated heterocycles. The van der Waals surface area contributed by atoms with Gasteiger partial charge in [-0.1, -0.05) is 145 Å². The van der Waals surface area contributed by atoms with Gasteiger partial charge in [0.1, 0.15) is 23.1 Å². The van der Waals surface area contributed by atoms with Crippen LogP contribution in [0, 0.1) is 0 Å². The smallest absolute Gasteiger partial charge is 0.282 e. The molecule has 10 heteroatoms. The minimum absolute atomic E-state index is 0.0311. The number of hydrogen-bond acceptors (Lipinski definition) is 8. The van der Waals surface area contributed by atoms with E-state index in [4.69, 9.17) is 0 Å². The van der Waals surface area contributed by atoms with Gasteiger partial charge < -0.3 is 5.32 Å². The van der Waals surface area contributed by atoms with Crippen LogP contribution in [0.2, 0.25) is 0 Å². The summed E-state index contributed by atoms with van der Waals surface area (Å²) in [5.74, 6) is -0.759. The van der Waals surface area contributed by atoms with Crippen molar-refractivity contribution in [2.75, 3.05) is 15.1 Å². The van der Waals surface area contributed by atoms with E-state index in [1.54, 1.807) is 12.2 Å². The first-order chi connectivity index (χ1) is 29.4. The fraction of sp³-hybridized carbons (Fsp3) is 0. The summed E-state index contributed by atoms with van der Waals surface area (Å²) < 4.78 is 0. The lowest BCUT2D eigenvalue weighted by atomic mass is 10.1. The second-order valence-corrected chi connectivity index (χ2v) is 14.9.